The number of hydrogen-bond acceptors (Lipinski definition) is 4. The van der Waals surface area contributed by atoms with Gasteiger partial charge in [-0.2, -0.15) is 0 Å². The molecule has 0 saturated heterocycles. The van der Waals surface area contributed by atoms with Crippen molar-refractivity contribution in [3.05, 3.63) is 63.8 Å². The van der Waals surface area contributed by atoms with Crippen LogP contribution in [-0.4, -0.2) is 16.9 Å². The van der Waals surface area contributed by atoms with Crippen LogP contribution in [0, 0.1) is 6.92 Å². The lowest BCUT2D eigenvalue weighted by atomic mass is 10.2. The molecule has 0 aliphatic carbocycles. The summed E-state index contributed by atoms with van der Waals surface area (Å²) in [6, 6.07) is 11.3. The topological polar surface area (TPSA) is 69.6 Å². The maximum atomic E-state index is 12.6. The summed E-state index contributed by atoms with van der Waals surface area (Å²) in [6.07, 6.45) is 0. The fourth-order valence-corrected chi connectivity index (χ4v) is 2.74. The van der Waals surface area contributed by atoms with E-state index < -0.39 is 11.8 Å². The number of aryl methyl sites for hydroxylation is 1. The zero-order chi connectivity index (χ0) is 17.4. The second-order valence-corrected chi connectivity index (χ2v) is 6.07. The van der Waals surface area contributed by atoms with Crippen LogP contribution in [0.4, 0.5) is 11.4 Å². The summed E-state index contributed by atoms with van der Waals surface area (Å²) < 4.78 is 0. The van der Waals surface area contributed by atoms with Gasteiger partial charge >= 0.3 is 0 Å². The average Bonchev–Trinajstić information content (AvgIpc) is 2.74. The van der Waals surface area contributed by atoms with Gasteiger partial charge in [0, 0.05) is 5.02 Å². The molecule has 7 heteroatoms. The zero-order valence-corrected chi connectivity index (χ0v) is 14.0. The van der Waals surface area contributed by atoms with E-state index in [2.05, 4.69) is 5.32 Å². The number of halogens is 2. The normalized spacial score (nSPS) is 14.5. The monoisotopic (exact) mass is 362 g/mol. The minimum Gasteiger partial charge on any atom is -0.506 e. The van der Waals surface area contributed by atoms with Crippen LogP contribution in [-0.2, 0) is 9.59 Å². The van der Waals surface area contributed by atoms with E-state index in [1.54, 1.807) is 18.2 Å². The molecule has 1 aliphatic heterocycles. The molecule has 0 fully saturated rings. The highest BCUT2D eigenvalue weighted by molar-refractivity contribution is 6.53. The van der Waals surface area contributed by atoms with Gasteiger partial charge in [0.25, 0.3) is 11.8 Å². The van der Waals surface area contributed by atoms with E-state index in [0.29, 0.717) is 10.7 Å². The van der Waals surface area contributed by atoms with Gasteiger partial charge in [-0.3, -0.25) is 9.59 Å². The lowest BCUT2D eigenvalue weighted by Gasteiger charge is -2.15. The van der Waals surface area contributed by atoms with Gasteiger partial charge in [-0.05, 0) is 42.8 Å². The summed E-state index contributed by atoms with van der Waals surface area (Å²) in [5, 5.41) is 12.7. The summed E-state index contributed by atoms with van der Waals surface area (Å²) in [7, 11) is 0. The Balaban J connectivity index is 1.96. The van der Waals surface area contributed by atoms with E-state index in [1.165, 1.54) is 18.2 Å². The molecule has 0 atom stereocenters. The molecule has 1 aliphatic rings. The summed E-state index contributed by atoms with van der Waals surface area (Å²) in [6.45, 7) is 1.85. The molecule has 0 unspecified atom stereocenters. The number of carbonyl (C=O) groups excluding carboxylic acids is 2. The van der Waals surface area contributed by atoms with Crippen LogP contribution in [0.25, 0.3) is 0 Å². The second kappa shape index (κ2) is 6.19. The van der Waals surface area contributed by atoms with Crippen molar-refractivity contribution in [2.75, 3.05) is 10.2 Å². The van der Waals surface area contributed by atoms with Crippen LogP contribution in [0.15, 0.2) is 53.2 Å². The predicted molar refractivity (Wildman–Crippen MR) is 93.3 cm³/mol. The summed E-state index contributed by atoms with van der Waals surface area (Å²) in [5.74, 6) is -1.35. The number of phenolic OH excluding ortho intramolecular Hbond substituents is 1. The molecule has 122 valence electrons. The first kappa shape index (κ1) is 16.4. The van der Waals surface area contributed by atoms with Gasteiger partial charge in [-0.1, -0.05) is 35.3 Å². The standard InChI is InChI=1S/C17H12Cl2N2O3/c1-9-3-2-4-11(7-9)21-16(23)14(19)15(17(21)24)20-12-8-10(18)5-6-13(12)22/h2-8,20,22H,1H3. The SMILES string of the molecule is Cc1cccc(N2C(=O)C(Cl)=C(Nc3cc(Cl)ccc3O)C2=O)c1. The van der Waals surface area contributed by atoms with Crippen molar-refractivity contribution >= 4 is 46.4 Å². The lowest BCUT2D eigenvalue weighted by molar-refractivity contribution is -0.120. The molecule has 0 saturated carbocycles. The number of phenols is 1. The number of aromatic hydroxyl groups is 1. The molecule has 5 nitrogen and oxygen atoms in total. The zero-order valence-electron chi connectivity index (χ0n) is 12.5. The van der Waals surface area contributed by atoms with Crippen molar-refractivity contribution in [1.29, 1.82) is 0 Å². The van der Waals surface area contributed by atoms with Gasteiger partial charge in [0.2, 0.25) is 0 Å². The molecule has 0 bridgehead atoms. The number of imide groups is 1. The molecule has 2 aromatic carbocycles. The smallest absolute Gasteiger partial charge is 0.283 e. The molecular formula is C17H12Cl2N2O3. The highest BCUT2D eigenvalue weighted by atomic mass is 35.5. The Hall–Kier alpha value is -2.50. The number of carbonyl (C=O) groups is 2. The van der Waals surface area contributed by atoms with Crippen molar-refractivity contribution in [1.82, 2.24) is 0 Å². The van der Waals surface area contributed by atoms with Crippen molar-refractivity contribution in [3.63, 3.8) is 0 Å². The highest BCUT2D eigenvalue weighted by Gasteiger charge is 2.39. The van der Waals surface area contributed by atoms with E-state index in [9.17, 15) is 14.7 Å². The highest BCUT2D eigenvalue weighted by Crippen LogP contribution is 2.33. The third-order valence-corrected chi connectivity index (χ3v) is 4.09. The molecule has 2 N–H and O–H groups in total. The Morgan fingerprint density at radius 2 is 1.79 bits per heavy atom. The molecular weight excluding hydrogens is 351 g/mol. The van der Waals surface area contributed by atoms with Gasteiger partial charge < -0.3 is 10.4 Å². The Bertz CT molecular complexity index is 893. The van der Waals surface area contributed by atoms with E-state index in [0.717, 1.165) is 10.5 Å². The Labute approximate surface area is 148 Å². The summed E-state index contributed by atoms with van der Waals surface area (Å²) >= 11 is 11.9. The number of hydrogen-bond donors (Lipinski definition) is 2. The second-order valence-electron chi connectivity index (χ2n) is 5.26. The van der Waals surface area contributed by atoms with E-state index in [-0.39, 0.29) is 22.2 Å². The van der Waals surface area contributed by atoms with E-state index in [1.807, 2.05) is 13.0 Å². The number of nitrogens with one attached hydrogen (secondary N) is 1. The lowest BCUT2D eigenvalue weighted by Crippen LogP contribution is -2.32. The van der Waals surface area contributed by atoms with Crippen LogP contribution in [0.5, 0.6) is 5.75 Å². The fourth-order valence-electron chi connectivity index (χ4n) is 2.36. The minimum atomic E-state index is -0.628. The number of rotatable bonds is 3. The quantitative estimate of drug-likeness (QED) is 0.643. The number of nitrogens with zero attached hydrogens (tertiary/aromatic N) is 1. The Morgan fingerprint density at radius 1 is 1.04 bits per heavy atom. The maximum absolute atomic E-state index is 12.6. The van der Waals surface area contributed by atoms with Crippen LogP contribution in [0.1, 0.15) is 5.56 Å². The van der Waals surface area contributed by atoms with Crippen LogP contribution in [0.3, 0.4) is 0 Å². The number of anilines is 2. The Kier molecular flexibility index (Phi) is 4.22. The van der Waals surface area contributed by atoms with Crippen molar-refractivity contribution < 1.29 is 14.7 Å². The van der Waals surface area contributed by atoms with E-state index in [4.69, 9.17) is 23.2 Å². The molecule has 1 heterocycles. The Morgan fingerprint density at radius 3 is 2.50 bits per heavy atom. The third kappa shape index (κ3) is 2.84. The predicted octanol–water partition coefficient (Wildman–Crippen LogP) is 3.79. The molecule has 2 aromatic rings. The fraction of sp³-hybridized carbons (Fsp3) is 0.0588. The first-order valence-corrected chi connectivity index (χ1v) is 7.75. The first-order chi connectivity index (χ1) is 11.4. The number of amides is 2. The van der Waals surface area contributed by atoms with Crippen LogP contribution >= 0.6 is 23.2 Å². The largest absolute Gasteiger partial charge is 0.506 e. The minimum absolute atomic E-state index is 0.110. The van der Waals surface area contributed by atoms with Gasteiger partial charge in [-0.25, -0.2) is 4.90 Å². The molecule has 0 radical (unpaired) electrons. The van der Waals surface area contributed by atoms with E-state index >= 15 is 0 Å². The molecule has 24 heavy (non-hydrogen) atoms. The van der Waals surface area contributed by atoms with Gasteiger partial charge in [-0.15, -0.1) is 0 Å². The summed E-state index contributed by atoms with van der Waals surface area (Å²) in [4.78, 5) is 26.0. The average molecular weight is 363 g/mol. The van der Waals surface area contributed by atoms with Gasteiger partial charge in [0.15, 0.2) is 0 Å². The van der Waals surface area contributed by atoms with Crippen LogP contribution in [0.2, 0.25) is 5.02 Å². The molecule has 0 aromatic heterocycles. The summed E-state index contributed by atoms with van der Waals surface area (Å²) in [5.41, 5.74) is 1.40. The van der Waals surface area contributed by atoms with Crippen molar-refractivity contribution in [2.24, 2.45) is 0 Å². The van der Waals surface area contributed by atoms with Crippen molar-refractivity contribution in [3.8, 4) is 5.75 Å². The van der Waals surface area contributed by atoms with Gasteiger partial charge in [0.05, 0.1) is 11.4 Å². The first-order valence-electron chi connectivity index (χ1n) is 6.99. The van der Waals surface area contributed by atoms with Crippen molar-refractivity contribution in [2.45, 2.75) is 6.92 Å². The molecule has 2 amide bonds. The van der Waals surface area contributed by atoms with Crippen LogP contribution < -0.4 is 10.2 Å². The maximum Gasteiger partial charge on any atom is 0.283 e. The molecule has 0 spiro atoms. The van der Waals surface area contributed by atoms with Gasteiger partial charge in [0.1, 0.15) is 16.5 Å². The molecule has 3 rings (SSSR count). The third-order valence-electron chi connectivity index (χ3n) is 3.51. The number of benzene rings is 2.